The quantitative estimate of drug-likeness (QED) is 0.797. The minimum atomic E-state index is -0.420. The van der Waals surface area contributed by atoms with Crippen LogP contribution in [0.4, 0.5) is 0 Å². The molecule has 0 radical (unpaired) electrons. The highest BCUT2D eigenvalue weighted by Gasteiger charge is 2.33. The van der Waals surface area contributed by atoms with Crippen molar-refractivity contribution in [3.8, 4) is 0 Å². The summed E-state index contributed by atoms with van der Waals surface area (Å²) in [5.41, 5.74) is 0.770. The molecule has 4 heterocycles. The van der Waals surface area contributed by atoms with E-state index in [1.54, 1.807) is 4.90 Å². The molecule has 0 bridgehead atoms. The van der Waals surface area contributed by atoms with Crippen LogP contribution >= 0.6 is 11.3 Å². The van der Waals surface area contributed by atoms with Gasteiger partial charge >= 0.3 is 0 Å². The zero-order valence-corrected chi connectivity index (χ0v) is 18.6. The number of hydrogen-bond acceptors (Lipinski definition) is 5. The van der Waals surface area contributed by atoms with Crippen molar-refractivity contribution in [1.82, 2.24) is 19.8 Å². The first-order valence-corrected chi connectivity index (χ1v) is 11.4. The molecule has 0 spiro atoms. The van der Waals surface area contributed by atoms with Crippen molar-refractivity contribution in [1.29, 1.82) is 0 Å². The molecule has 160 valence electrons. The van der Waals surface area contributed by atoms with Crippen molar-refractivity contribution in [2.45, 2.75) is 52.5 Å². The van der Waals surface area contributed by atoms with Gasteiger partial charge < -0.3 is 14.8 Å². The number of carbonyl (C=O) groups is 2. The summed E-state index contributed by atoms with van der Waals surface area (Å²) in [6, 6.07) is 3.66. The molecule has 2 aromatic heterocycles. The van der Waals surface area contributed by atoms with Crippen LogP contribution in [0.3, 0.4) is 0 Å². The molecule has 2 amide bonds. The lowest BCUT2D eigenvalue weighted by Gasteiger charge is -2.36. The summed E-state index contributed by atoms with van der Waals surface area (Å²) in [5.74, 6) is 0.801. The Labute approximate surface area is 180 Å². The van der Waals surface area contributed by atoms with Gasteiger partial charge in [0.1, 0.15) is 5.82 Å². The third kappa shape index (κ3) is 4.05. The Kier molecular flexibility index (Phi) is 5.53. The highest BCUT2D eigenvalue weighted by Crippen LogP contribution is 2.28. The number of fused-ring (bicyclic) bond motifs is 1. The molecule has 1 unspecified atom stereocenters. The van der Waals surface area contributed by atoms with Gasteiger partial charge in [0.05, 0.1) is 22.7 Å². The first-order valence-electron chi connectivity index (χ1n) is 10.5. The second-order valence-electron chi connectivity index (χ2n) is 9.17. The molecule has 8 heteroatoms. The van der Waals surface area contributed by atoms with Gasteiger partial charge in [0.15, 0.2) is 0 Å². The van der Waals surface area contributed by atoms with E-state index < -0.39 is 5.41 Å². The number of carbonyl (C=O) groups excluding carboxylic acids is 2. The number of piperidine rings is 1. The minimum Gasteiger partial charge on any atom is -0.342 e. The lowest BCUT2D eigenvalue weighted by atomic mass is 9.90. The zero-order valence-electron chi connectivity index (χ0n) is 17.7. The smallest absolute Gasteiger partial charge is 0.264 e. The monoisotopic (exact) mass is 428 g/mol. The molecule has 1 saturated heterocycles. The molecule has 7 nitrogen and oxygen atoms in total. The number of likely N-dealkylation sites (tertiary alicyclic amines) is 1. The summed E-state index contributed by atoms with van der Waals surface area (Å²) in [4.78, 5) is 50.2. The Morgan fingerprint density at radius 1 is 1.23 bits per heavy atom. The first kappa shape index (κ1) is 20.8. The van der Waals surface area contributed by atoms with Gasteiger partial charge in [-0.05, 0) is 24.3 Å². The third-order valence-corrected chi connectivity index (χ3v) is 6.70. The summed E-state index contributed by atoms with van der Waals surface area (Å²) >= 11 is 1.41. The number of amides is 2. The van der Waals surface area contributed by atoms with Gasteiger partial charge in [0.2, 0.25) is 5.91 Å². The second kappa shape index (κ2) is 7.98. The Bertz CT molecular complexity index is 1010. The van der Waals surface area contributed by atoms with Crippen LogP contribution in [0.25, 0.3) is 0 Å². The molecule has 1 fully saturated rings. The number of thiophene rings is 1. The highest BCUT2D eigenvalue weighted by molar-refractivity contribution is 7.12. The molecule has 0 aromatic carbocycles. The molecule has 4 rings (SSSR count). The van der Waals surface area contributed by atoms with E-state index in [-0.39, 0.29) is 29.8 Å². The van der Waals surface area contributed by atoms with Crippen molar-refractivity contribution in [2.75, 3.05) is 19.6 Å². The average Bonchev–Trinajstić information content (AvgIpc) is 3.26. The Morgan fingerprint density at radius 3 is 2.73 bits per heavy atom. The first-order chi connectivity index (χ1) is 14.2. The Balaban J connectivity index is 1.53. The number of hydrogen-bond donors (Lipinski definition) is 1. The fraction of sp³-hybridized carbons (Fsp3) is 0.545. The van der Waals surface area contributed by atoms with Crippen LogP contribution in [0.2, 0.25) is 0 Å². The number of rotatable bonds is 2. The molecule has 0 aliphatic carbocycles. The highest BCUT2D eigenvalue weighted by atomic mass is 32.1. The maximum atomic E-state index is 12.8. The van der Waals surface area contributed by atoms with Crippen LogP contribution in [0, 0.1) is 5.41 Å². The molecular formula is C22H28N4O3S. The Hall–Kier alpha value is -2.48. The van der Waals surface area contributed by atoms with Crippen LogP contribution < -0.4 is 5.56 Å². The maximum Gasteiger partial charge on any atom is 0.264 e. The molecule has 1 N–H and O–H groups in total. The Morgan fingerprint density at radius 2 is 2.03 bits per heavy atom. The summed E-state index contributed by atoms with van der Waals surface area (Å²) in [6.07, 6.45) is 2.37. The van der Waals surface area contributed by atoms with E-state index in [1.807, 2.05) is 43.2 Å². The molecule has 30 heavy (non-hydrogen) atoms. The average molecular weight is 429 g/mol. The van der Waals surface area contributed by atoms with Gasteiger partial charge in [0.25, 0.3) is 11.5 Å². The molecule has 2 aliphatic rings. The largest absolute Gasteiger partial charge is 0.342 e. The van der Waals surface area contributed by atoms with Gasteiger partial charge in [-0.15, -0.1) is 11.3 Å². The van der Waals surface area contributed by atoms with E-state index in [4.69, 9.17) is 4.98 Å². The number of aromatic nitrogens is 2. The van der Waals surface area contributed by atoms with Gasteiger partial charge in [-0.2, -0.15) is 0 Å². The van der Waals surface area contributed by atoms with E-state index in [9.17, 15) is 14.4 Å². The number of nitrogens with zero attached hydrogens (tertiary/aromatic N) is 3. The fourth-order valence-electron chi connectivity index (χ4n) is 4.23. The zero-order chi connectivity index (χ0) is 21.5. The SMILES string of the molecule is CC(C)(C)C(=O)N1CCCC(c2nc3c(c(=O)[nH]2)CN(C(=O)c2cccs2)CC3)C1. The number of H-pyrrole nitrogens is 1. The maximum absolute atomic E-state index is 12.8. The molecule has 1 atom stereocenters. The second-order valence-corrected chi connectivity index (χ2v) is 10.1. The molecule has 0 saturated carbocycles. The molecule has 2 aliphatic heterocycles. The normalized spacial score (nSPS) is 19.5. The van der Waals surface area contributed by atoms with Crippen molar-refractivity contribution in [3.05, 3.63) is 49.8 Å². The molecular weight excluding hydrogens is 400 g/mol. The van der Waals surface area contributed by atoms with Crippen LogP contribution in [-0.2, 0) is 17.8 Å². The van der Waals surface area contributed by atoms with Crippen molar-refractivity contribution >= 4 is 23.2 Å². The lowest BCUT2D eigenvalue weighted by molar-refractivity contribution is -0.140. The van der Waals surface area contributed by atoms with Crippen LogP contribution in [-0.4, -0.2) is 51.2 Å². The predicted molar refractivity (Wildman–Crippen MR) is 116 cm³/mol. The van der Waals surface area contributed by atoms with Gasteiger partial charge in [0, 0.05) is 37.4 Å². The van der Waals surface area contributed by atoms with Gasteiger partial charge in [-0.1, -0.05) is 26.8 Å². The van der Waals surface area contributed by atoms with Crippen molar-refractivity contribution in [3.63, 3.8) is 0 Å². The standard InChI is InChI=1S/C22H28N4O3S/c1-22(2,3)21(29)26-9-4-6-14(12-26)18-23-16-8-10-25(13-15(16)19(27)24-18)20(28)17-7-5-11-30-17/h5,7,11,14H,4,6,8-10,12-13H2,1-3H3,(H,23,24,27). The van der Waals surface area contributed by atoms with Crippen molar-refractivity contribution < 1.29 is 9.59 Å². The van der Waals surface area contributed by atoms with Crippen LogP contribution in [0.15, 0.2) is 22.3 Å². The summed E-state index contributed by atoms with van der Waals surface area (Å²) < 4.78 is 0. The van der Waals surface area contributed by atoms with E-state index >= 15 is 0 Å². The lowest BCUT2D eigenvalue weighted by Crippen LogP contribution is -2.45. The van der Waals surface area contributed by atoms with E-state index in [2.05, 4.69) is 4.98 Å². The van der Waals surface area contributed by atoms with Crippen molar-refractivity contribution in [2.24, 2.45) is 5.41 Å². The van der Waals surface area contributed by atoms with E-state index in [0.29, 0.717) is 35.8 Å². The van der Waals surface area contributed by atoms with Gasteiger partial charge in [-0.25, -0.2) is 4.98 Å². The topological polar surface area (TPSA) is 86.4 Å². The molecule has 2 aromatic rings. The van der Waals surface area contributed by atoms with Gasteiger partial charge in [-0.3, -0.25) is 14.4 Å². The van der Waals surface area contributed by atoms with Crippen LogP contribution in [0.1, 0.15) is 66.3 Å². The van der Waals surface area contributed by atoms with Crippen LogP contribution in [0.5, 0.6) is 0 Å². The number of nitrogens with one attached hydrogen (secondary N) is 1. The fourth-order valence-corrected chi connectivity index (χ4v) is 4.92. The summed E-state index contributed by atoms with van der Waals surface area (Å²) in [6.45, 7) is 7.97. The third-order valence-electron chi connectivity index (χ3n) is 5.84. The summed E-state index contributed by atoms with van der Waals surface area (Å²) in [7, 11) is 0. The summed E-state index contributed by atoms with van der Waals surface area (Å²) in [5, 5.41) is 1.88. The predicted octanol–water partition coefficient (Wildman–Crippen LogP) is 2.78. The minimum absolute atomic E-state index is 0.0360. The van der Waals surface area contributed by atoms with E-state index in [1.165, 1.54) is 11.3 Å². The number of aromatic amines is 1. The van der Waals surface area contributed by atoms with E-state index in [0.717, 1.165) is 25.1 Å².